The number of rotatable bonds is 28. The van der Waals surface area contributed by atoms with Crippen LogP contribution in [0.3, 0.4) is 0 Å². The van der Waals surface area contributed by atoms with Crippen molar-refractivity contribution in [3.05, 3.63) is 138 Å². The summed E-state index contributed by atoms with van der Waals surface area (Å²) in [6.07, 6.45) is 36.2. The van der Waals surface area contributed by atoms with E-state index < -0.39 is 0 Å². The first-order valence-electron chi connectivity index (χ1n) is 25.6. The molecule has 0 unspecified atom stereocenters. The van der Waals surface area contributed by atoms with Crippen LogP contribution >= 0.6 is 68.0 Å². The lowest BCUT2D eigenvalue weighted by atomic mass is 9.96. The summed E-state index contributed by atoms with van der Waals surface area (Å²) in [7, 11) is 0. The minimum absolute atomic E-state index is 0.0855. The monoisotopic (exact) mass is 1020 g/mol. The van der Waals surface area contributed by atoms with Crippen molar-refractivity contribution in [2.45, 2.75) is 156 Å². The molecule has 0 saturated carbocycles. The minimum atomic E-state index is 0.0855. The Bertz CT molecular complexity index is 2590. The maximum absolute atomic E-state index is 10.1. The van der Waals surface area contributed by atoms with Crippen LogP contribution in [0.25, 0.3) is 51.2 Å². The van der Waals surface area contributed by atoms with Crippen molar-refractivity contribution >= 4 is 80.2 Å². The summed E-state index contributed by atoms with van der Waals surface area (Å²) in [5.74, 6) is 1.26. The van der Waals surface area contributed by atoms with Crippen LogP contribution < -0.4 is 0 Å². The molecule has 7 rings (SSSR count). The zero-order valence-electron chi connectivity index (χ0n) is 41.1. The Hall–Kier alpha value is -4.32. The van der Waals surface area contributed by atoms with Crippen molar-refractivity contribution in [3.63, 3.8) is 0 Å². The van der Waals surface area contributed by atoms with E-state index in [4.69, 9.17) is 4.74 Å². The molecule has 0 bridgehead atoms. The molecule has 9 heteroatoms. The highest BCUT2D eigenvalue weighted by Gasteiger charge is 2.22. The van der Waals surface area contributed by atoms with Crippen molar-refractivity contribution in [1.29, 1.82) is 10.5 Å². The Kier molecular flexibility index (Phi) is 21.2. The first-order valence-corrected chi connectivity index (χ1v) is 30.6. The van der Waals surface area contributed by atoms with Crippen LogP contribution in [0.5, 0.6) is 0 Å². The van der Waals surface area contributed by atoms with E-state index >= 15 is 0 Å². The fourth-order valence-corrected chi connectivity index (χ4v) is 15.6. The lowest BCUT2D eigenvalue weighted by molar-refractivity contribution is 0.332. The summed E-state index contributed by atoms with van der Waals surface area (Å²) >= 11 is 11.3. The summed E-state index contributed by atoms with van der Waals surface area (Å²) in [4.78, 5) is 13.3. The van der Waals surface area contributed by atoms with E-state index in [1.807, 2.05) is 57.5 Å². The van der Waals surface area contributed by atoms with Gasteiger partial charge in [0.1, 0.15) is 29.2 Å². The first kappa shape index (κ1) is 52.5. The van der Waals surface area contributed by atoms with Crippen LogP contribution in [0.4, 0.5) is 0 Å². The van der Waals surface area contributed by atoms with Gasteiger partial charge in [-0.3, -0.25) is 0 Å². The average Bonchev–Trinajstić information content (AvgIpc) is 4.24. The molecular formula is C60H68N2OS6. The summed E-state index contributed by atoms with van der Waals surface area (Å²) in [6, 6.07) is 22.3. The van der Waals surface area contributed by atoms with Crippen LogP contribution in [0, 0.1) is 22.7 Å². The number of ether oxygens (including phenoxy) is 1. The second-order valence-corrected chi connectivity index (χ2v) is 24.1. The van der Waals surface area contributed by atoms with Gasteiger partial charge in [0.2, 0.25) is 0 Å². The molecule has 69 heavy (non-hydrogen) atoms. The van der Waals surface area contributed by atoms with Gasteiger partial charge in [-0.05, 0) is 157 Å². The number of nitrogens with zero attached hydrogens (tertiary/aromatic N) is 2. The highest BCUT2D eigenvalue weighted by Crippen LogP contribution is 2.47. The Labute approximate surface area is 437 Å². The third kappa shape index (κ3) is 14.4. The van der Waals surface area contributed by atoms with E-state index in [0.717, 1.165) is 25.7 Å². The van der Waals surface area contributed by atoms with Gasteiger partial charge in [-0.1, -0.05) is 117 Å². The van der Waals surface area contributed by atoms with Crippen LogP contribution in [0.1, 0.15) is 162 Å². The smallest absolute Gasteiger partial charge is 0.137 e. The number of hydrogen-bond donors (Lipinski definition) is 0. The molecule has 3 nitrogen and oxygen atoms in total. The van der Waals surface area contributed by atoms with Gasteiger partial charge >= 0.3 is 0 Å². The van der Waals surface area contributed by atoms with Gasteiger partial charge in [0.05, 0.1) is 0 Å². The van der Waals surface area contributed by atoms with E-state index in [0.29, 0.717) is 17.1 Å². The van der Waals surface area contributed by atoms with Gasteiger partial charge in [-0.25, -0.2) is 0 Å². The molecule has 1 aliphatic rings. The van der Waals surface area contributed by atoms with Gasteiger partial charge in [0, 0.05) is 54.3 Å². The van der Waals surface area contributed by atoms with Crippen molar-refractivity contribution in [1.82, 2.24) is 0 Å². The van der Waals surface area contributed by atoms with Crippen molar-refractivity contribution in [2.75, 3.05) is 0 Å². The molecule has 0 aliphatic carbocycles. The highest BCUT2D eigenvalue weighted by molar-refractivity contribution is 7.27. The van der Waals surface area contributed by atoms with Gasteiger partial charge < -0.3 is 4.74 Å². The predicted octanol–water partition coefficient (Wildman–Crippen LogP) is 21.1. The number of unbranched alkanes of at least 4 members (excludes halogenated alkanes) is 12. The summed E-state index contributed by atoms with van der Waals surface area (Å²) < 4.78 is 6.73. The van der Waals surface area contributed by atoms with E-state index in [-0.39, 0.29) is 5.57 Å². The normalized spacial score (nSPS) is 12.8. The predicted molar refractivity (Wildman–Crippen MR) is 307 cm³/mol. The molecule has 0 radical (unpaired) electrons. The lowest BCUT2D eigenvalue weighted by Gasteiger charge is -2.14. The maximum Gasteiger partial charge on any atom is 0.137 e. The molecule has 7 heterocycles. The second kappa shape index (κ2) is 27.9. The van der Waals surface area contributed by atoms with Crippen molar-refractivity contribution in [2.24, 2.45) is 0 Å². The standard InChI is InChI=1S/C60H68N2OS6/c1-5-9-13-17-23-47-49(25-19-15-11-7-3)59(57-35-33-55(66-57)53-27-21-37-64-53)68-51(47)31-29-45-39-43(44(41-61)42-62)40-46(63-45)30-32-52-48(24-18-14-10-6-2)50(26-20-16-12-8-4)60(69-52)58-36-34-56(67-58)54-28-22-38-65-54/h21-22,27-40H,5-20,23-26H2,1-4H3/b31-29+,32-30+. The molecule has 0 fully saturated rings. The van der Waals surface area contributed by atoms with Gasteiger partial charge in [0.15, 0.2) is 0 Å². The van der Waals surface area contributed by atoms with Crippen LogP contribution in [-0.2, 0) is 30.4 Å². The second-order valence-electron chi connectivity index (χ2n) is 17.9. The average molecular weight is 1030 g/mol. The Balaban J connectivity index is 1.25. The summed E-state index contributed by atoms with van der Waals surface area (Å²) in [5.41, 5.74) is 6.64. The molecular weight excluding hydrogens is 957 g/mol. The van der Waals surface area contributed by atoms with Gasteiger partial charge in [-0.15, -0.1) is 68.0 Å². The van der Waals surface area contributed by atoms with Crippen molar-refractivity contribution < 1.29 is 4.74 Å². The van der Waals surface area contributed by atoms with E-state index in [9.17, 15) is 10.5 Å². The molecule has 1 aliphatic heterocycles. The third-order valence-electron chi connectivity index (χ3n) is 12.7. The molecule has 0 atom stereocenters. The fourth-order valence-electron chi connectivity index (χ4n) is 9.04. The lowest BCUT2D eigenvalue weighted by Crippen LogP contribution is -1.99. The quantitative estimate of drug-likeness (QED) is 0.0363. The van der Waals surface area contributed by atoms with Crippen LogP contribution in [-0.4, -0.2) is 0 Å². The Morgan fingerprint density at radius 3 is 1.20 bits per heavy atom. The number of nitriles is 2. The summed E-state index contributed by atoms with van der Waals surface area (Å²) in [6.45, 7) is 9.14. The molecule has 0 N–H and O–H groups in total. The molecule has 0 saturated heterocycles. The van der Waals surface area contributed by atoms with Gasteiger partial charge in [-0.2, -0.15) is 10.5 Å². The highest BCUT2D eigenvalue weighted by atomic mass is 32.1. The SMILES string of the molecule is CCCCCCc1c(/C=C/C2=CC(=C(C#N)C#N)C=C(/C=C/c3sc(-c4ccc(-c5cccs5)s4)c(CCCCCC)c3CCCCCC)O2)sc(-c2ccc(-c3cccs3)s2)c1CCCCCC. The van der Waals surface area contributed by atoms with E-state index in [1.54, 1.807) is 22.7 Å². The number of allylic oxidation sites excluding steroid dienone is 6. The zero-order valence-corrected chi connectivity index (χ0v) is 46.0. The largest absolute Gasteiger partial charge is 0.457 e. The van der Waals surface area contributed by atoms with Crippen LogP contribution in [0.15, 0.2) is 106 Å². The molecule has 0 aromatic carbocycles. The topological polar surface area (TPSA) is 56.8 Å². The Morgan fingerprint density at radius 2 is 0.841 bits per heavy atom. The van der Waals surface area contributed by atoms with Crippen LogP contribution in [0.2, 0.25) is 0 Å². The van der Waals surface area contributed by atoms with E-state index in [2.05, 4.69) is 123 Å². The number of thiophene rings is 6. The molecule has 0 amide bonds. The first-order chi connectivity index (χ1) is 34.0. The minimum Gasteiger partial charge on any atom is -0.457 e. The van der Waals surface area contributed by atoms with Gasteiger partial charge in [0.25, 0.3) is 0 Å². The maximum atomic E-state index is 10.1. The fraction of sp³-hybridized carbons (Fsp3) is 0.400. The molecule has 360 valence electrons. The molecule has 6 aromatic heterocycles. The Morgan fingerprint density at radius 1 is 0.449 bits per heavy atom. The molecule has 6 aromatic rings. The third-order valence-corrected chi connectivity index (χ3v) is 19.9. The number of hydrogen-bond acceptors (Lipinski definition) is 9. The zero-order chi connectivity index (χ0) is 48.2. The van der Waals surface area contributed by atoms with Crippen molar-refractivity contribution in [3.8, 4) is 51.2 Å². The van der Waals surface area contributed by atoms with E-state index in [1.165, 1.54) is 174 Å². The molecule has 0 spiro atoms. The summed E-state index contributed by atoms with van der Waals surface area (Å²) in [5, 5.41) is 24.6.